The Balaban J connectivity index is 1.17. The third kappa shape index (κ3) is 3.69. The molecule has 1 N–H and O–H groups in total. The number of likely N-dealkylation sites (tertiary alicyclic amines) is 1. The summed E-state index contributed by atoms with van der Waals surface area (Å²) >= 11 is 0. The fourth-order valence-corrected chi connectivity index (χ4v) is 6.39. The molecule has 6 heteroatoms. The summed E-state index contributed by atoms with van der Waals surface area (Å²) in [4.78, 5) is 30.6. The highest BCUT2D eigenvalue weighted by Gasteiger charge is 2.47. The summed E-state index contributed by atoms with van der Waals surface area (Å²) in [5, 5.41) is 12.1. The van der Waals surface area contributed by atoms with Crippen molar-refractivity contribution in [2.45, 2.75) is 63.1 Å². The number of anilines is 1. The Kier molecular flexibility index (Phi) is 5.38. The number of amides is 2. The van der Waals surface area contributed by atoms with Gasteiger partial charge in [-0.3, -0.25) is 14.5 Å². The van der Waals surface area contributed by atoms with Crippen LogP contribution in [0.15, 0.2) is 42.5 Å². The molecule has 2 bridgehead atoms. The number of carbonyl (C=O) groups excluding carboxylic acids is 2. The molecule has 4 aliphatic rings. The van der Waals surface area contributed by atoms with Crippen LogP contribution in [-0.2, 0) is 11.2 Å². The molecule has 174 valence electrons. The van der Waals surface area contributed by atoms with Crippen molar-refractivity contribution in [2.75, 3.05) is 18.4 Å². The standard InChI is InChI=1S/C28H30N4O2/c29-15-18-3-1-6-21(13-18)27(33)30-22-9-7-19-8-12-26(25(19)14-22)31-16-23-10-11-24(17-31)32(23)28(34)20-4-2-5-20/h1,3,6-7,9,13-14,20,23-24,26H,2,4-5,8,10-12,16-17H2,(H,30,33). The number of rotatable bonds is 4. The fourth-order valence-electron chi connectivity index (χ4n) is 6.39. The largest absolute Gasteiger partial charge is 0.334 e. The van der Waals surface area contributed by atoms with Gasteiger partial charge < -0.3 is 10.2 Å². The van der Waals surface area contributed by atoms with Gasteiger partial charge in [0, 0.05) is 48.4 Å². The molecule has 3 fully saturated rings. The van der Waals surface area contributed by atoms with Crippen LogP contribution in [0.2, 0.25) is 0 Å². The third-order valence-corrected chi connectivity index (χ3v) is 8.36. The first-order valence-electron chi connectivity index (χ1n) is 12.6. The number of benzene rings is 2. The van der Waals surface area contributed by atoms with E-state index in [9.17, 15) is 9.59 Å². The molecule has 1 saturated carbocycles. The number of hydrogen-bond donors (Lipinski definition) is 1. The Labute approximate surface area is 200 Å². The number of fused-ring (bicyclic) bond motifs is 3. The highest BCUT2D eigenvalue weighted by Crippen LogP contribution is 2.42. The van der Waals surface area contributed by atoms with E-state index in [1.165, 1.54) is 17.5 Å². The molecule has 34 heavy (non-hydrogen) atoms. The van der Waals surface area contributed by atoms with E-state index < -0.39 is 0 Å². The SMILES string of the molecule is N#Cc1cccc(C(=O)Nc2ccc3c(c2)C(N2CC4CCC(C2)N4C(=O)C2CCC2)CC3)c1. The quantitative estimate of drug-likeness (QED) is 0.748. The normalized spacial score (nSPS) is 26.0. The Morgan fingerprint density at radius 3 is 2.47 bits per heavy atom. The summed E-state index contributed by atoms with van der Waals surface area (Å²) in [6, 6.07) is 16.2. The molecule has 3 atom stereocenters. The number of aryl methyl sites for hydroxylation is 1. The van der Waals surface area contributed by atoms with Crippen molar-refractivity contribution < 1.29 is 9.59 Å². The summed E-state index contributed by atoms with van der Waals surface area (Å²) in [6.45, 7) is 1.91. The van der Waals surface area contributed by atoms with Gasteiger partial charge in [-0.05, 0) is 80.0 Å². The van der Waals surface area contributed by atoms with Crippen LogP contribution >= 0.6 is 0 Å². The number of nitrogens with zero attached hydrogens (tertiary/aromatic N) is 3. The third-order valence-electron chi connectivity index (χ3n) is 8.36. The molecular formula is C28H30N4O2. The number of nitriles is 1. The van der Waals surface area contributed by atoms with Crippen molar-refractivity contribution in [3.63, 3.8) is 0 Å². The molecule has 2 aliphatic carbocycles. The zero-order valence-electron chi connectivity index (χ0n) is 19.4. The molecular weight excluding hydrogens is 424 g/mol. The molecule has 2 aromatic carbocycles. The maximum absolute atomic E-state index is 13.0. The zero-order valence-corrected chi connectivity index (χ0v) is 19.4. The second-order valence-electron chi connectivity index (χ2n) is 10.3. The Bertz CT molecular complexity index is 1170. The van der Waals surface area contributed by atoms with Crippen LogP contribution in [0.3, 0.4) is 0 Å². The van der Waals surface area contributed by atoms with Gasteiger partial charge >= 0.3 is 0 Å². The average molecular weight is 455 g/mol. The van der Waals surface area contributed by atoms with Crippen LogP contribution in [0.4, 0.5) is 5.69 Å². The molecule has 3 unspecified atom stereocenters. The van der Waals surface area contributed by atoms with E-state index in [0.717, 1.165) is 57.3 Å². The van der Waals surface area contributed by atoms with E-state index in [1.54, 1.807) is 24.3 Å². The molecule has 0 radical (unpaired) electrons. The van der Waals surface area contributed by atoms with Gasteiger partial charge in [0.05, 0.1) is 11.6 Å². The molecule has 2 aromatic rings. The van der Waals surface area contributed by atoms with Gasteiger partial charge in [-0.25, -0.2) is 0 Å². The van der Waals surface area contributed by atoms with Gasteiger partial charge in [-0.2, -0.15) is 5.26 Å². The van der Waals surface area contributed by atoms with Crippen molar-refractivity contribution in [3.05, 3.63) is 64.7 Å². The maximum atomic E-state index is 13.0. The van der Waals surface area contributed by atoms with Gasteiger partial charge in [0.2, 0.25) is 5.91 Å². The molecule has 0 aromatic heterocycles. The number of hydrogen-bond acceptors (Lipinski definition) is 4. The molecule has 6 nitrogen and oxygen atoms in total. The second kappa shape index (κ2) is 8.56. The lowest BCUT2D eigenvalue weighted by molar-refractivity contribution is -0.144. The van der Waals surface area contributed by atoms with Crippen molar-refractivity contribution in [1.29, 1.82) is 5.26 Å². The molecule has 2 aliphatic heterocycles. The van der Waals surface area contributed by atoms with E-state index >= 15 is 0 Å². The van der Waals surface area contributed by atoms with Crippen molar-refractivity contribution in [2.24, 2.45) is 5.92 Å². The molecule has 6 rings (SSSR count). The van der Waals surface area contributed by atoms with Gasteiger partial charge in [0.1, 0.15) is 0 Å². The van der Waals surface area contributed by atoms with E-state index in [1.807, 2.05) is 6.07 Å². The highest BCUT2D eigenvalue weighted by molar-refractivity contribution is 6.04. The number of nitrogens with one attached hydrogen (secondary N) is 1. The van der Waals surface area contributed by atoms with Crippen molar-refractivity contribution in [1.82, 2.24) is 9.80 Å². The Morgan fingerprint density at radius 2 is 1.76 bits per heavy atom. The molecule has 2 heterocycles. The smallest absolute Gasteiger partial charge is 0.255 e. The molecule has 2 saturated heterocycles. The lowest BCUT2D eigenvalue weighted by Crippen LogP contribution is -2.58. The maximum Gasteiger partial charge on any atom is 0.255 e. The first-order chi connectivity index (χ1) is 16.6. The Morgan fingerprint density at radius 1 is 0.971 bits per heavy atom. The second-order valence-corrected chi connectivity index (χ2v) is 10.3. The molecule has 2 amide bonds. The molecule has 0 spiro atoms. The van der Waals surface area contributed by atoms with Crippen LogP contribution in [0, 0.1) is 17.2 Å². The minimum absolute atomic E-state index is 0.201. The summed E-state index contributed by atoms with van der Waals surface area (Å²) < 4.78 is 0. The predicted molar refractivity (Wildman–Crippen MR) is 129 cm³/mol. The number of carbonyl (C=O) groups is 2. The van der Waals surface area contributed by atoms with Crippen LogP contribution in [0.5, 0.6) is 0 Å². The minimum Gasteiger partial charge on any atom is -0.334 e. The Hall–Kier alpha value is -3.17. The summed E-state index contributed by atoms with van der Waals surface area (Å²) in [5.41, 5.74) is 4.42. The van der Waals surface area contributed by atoms with Crippen LogP contribution in [-0.4, -0.2) is 46.8 Å². The highest BCUT2D eigenvalue weighted by atomic mass is 16.2. The monoisotopic (exact) mass is 454 g/mol. The predicted octanol–water partition coefficient (Wildman–Crippen LogP) is 4.27. The van der Waals surface area contributed by atoms with Crippen LogP contribution in [0.25, 0.3) is 0 Å². The first-order valence-corrected chi connectivity index (χ1v) is 12.6. The zero-order chi connectivity index (χ0) is 23.2. The van der Waals surface area contributed by atoms with Crippen LogP contribution in [0.1, 0.15) is 71.6 Å². The van der Waals surface area contributed by atoms with Gasteiger partial charge in [-0.15, -0.1) is 0 Å². The van der Waals surface area contributed by atoms with E-state index in [0.29, 0.717) is 35.2 Å². The van der Waals surface area contributed by atoms with Crippen molar-refractivity contribution in [3.8, 4) is 6.07 Å². The van der Waals surface area contributed by atoms with Crippen LogP contribution < -0.4 is 5.32 Å². The van der Waals surface area contributed by atoms with Gasteiger partial charge in [0.15, 0.2) is 0 Å². The van der Waals surface area contributed by atoms with E-state index in [2.05, 4.69) is 33.3 Å². The topological polar surface area (TPSA) is 76.4 Å². The fraction of sp³-hybridized carbons (Fsp3) is 0.464. The van der Waals surface area contributed by atoms with Gasteiger partial charge in [0.25, 0.3) is 5.91 Å². The summed E-state index contributed by atoms with van der Waals surface area (Å²) in [7, 11) is 0. The minimum atomic E-state index is -0.201. The first kappa shape index (κ1) is 21.4. The summed E-state index contributed by atoms with van der Waals surface area (Å²) in [5.74, 6) is 0.491. The average Bonchev–Trinajstić information content (AvgIpc) is 3.35. The summed E-state index contributed by atoms with van der Waals surface area (Å²) in [6.07, 6.45) is 7.73. The number of piperazine rings is 1. The van der Waals surface area contributed by atoms with Gasteiger partial charge in [-0.1, -0.05) is 18.6 Å². The lowest BCUT2D eigenvalue weighted by Gasteiger charge is -2.45. The van der Waals surface area contributed by atoms with E-state index in [-0.39, 0.29) is 11.8 Å². The van der Waals surface area contributed by atoms with E-state index in [4.69, 9.17) is 5.26 Å². The van der Waals surface area contributed by atoms with Crippen molar-refractivity contribution >= 4 is 17.5 Å². The lowest BCUT2D eigenvalue weighted by atomic mass is 9.84.